The van der Waals surface area contributed by atoms with Crippen LogP contribution in [-0.2, 0) is 4.79 Å². The Balaban J connectivity index is 2.19. The van der Waals surface area contributed by atoms with Crippen LogP contribution in [0, 0.1) is 3.57 Å². The smallest absolute Gasteiger partial charge is 0.248 e. The SMILES string of the molecule is COc1cc(/C=C/C(=O)Nc2ccc(I)cc2Cl)cc(OC)c1OC. The first-order valence-corrected chi connectivity index (χ1v) is 8.68. The van der Waals surface area contributed by atoms with Crippen LogP contribution in [0.3, 0.4) is 0 Å². The van der Waals surface area contributed by atoms with Crippen LogP contribution in [0.15, 0.2) is 36.4 Å². The number of nitrogens with one attached hydrogen (secondary N) is 1. The number of methoxy groups -OCH3 is 3. The molecule has 0 saturated heterocycles. The summed E-state index contributed by atoms with van der Waals surface area (Å²) in [6.07, 6.45) is 3.06. The number of hydrogen-bond acceptors (Lipinski definition) is 4. The van der Waals surface area contributed by atoms with Gasteiger partial charge in [0, 0.05) is 9.65 Å². The zero-order valence-electron chi connectivity index (χ0n) is 13.9. The highest BCUT2D eigenvalue weighted by atomic mass is 127. The minimum absolute atomic E-state index is 0.295. The molecule has 0 atom stereocenters. The van der Waals surface area contributed by atoms with Crippen molar-refractivity contribution in [2.24, 2.45) is 0 Å². The van der Waals surface area contributed by atoms with Crippen molar-refractivity contribution < 1.29 is 19.0 Å². The van der Waals surface area contributed by atoms with Crippen molar-refractivity contribution in [3.05, 3.63) is 50.6 Å². The summed E-state index contributed by atoms with van der Waals surface area (Å²) in [4.78, 5) is 12.1. The second-order valence-corrected chi connectivity index (χ2v) is 6.56. The highest BCUT2D eigenvalue weighted by molar-refractivity contribution is 14.1. The average Bonchev–Trinajstić information content (AvgIpc) is 2.61. The van der Waals surface area contributed by atoms with Gasteiger partial charge in [0.25, 0.3) is 0 Å². The van der Waals surface area contributed by atoms with Gasteiger partial charge in [-0.1, -0.05) is 11.6 Å². The molecule has 0 unspecified atom stereocenters. The van der Waals surface area contributed by atoms with E-state index in [-0.39, 0.29) is 5.91 Å². The molecule has 0 fully saturated rings. The van der Waals surface area contributed by atoms with E-state index in [1.54, 1.807) is 30.3 Å². The summed E-state index contributed by atoms with van der Waals surface area (Å²) in [5.41, 5.74) is 1.29. The van der Waals surface area contributed by atoms with E-state index in [4.69, 9.17) is 25.8 Å². The molecule has 5 nitrogen and oxygen atoms in total. The topological polar surface area (TPSA) is 56.8 Å². The Kier molecular flexibility index (Phi) is 6.95. The Hall–Kier alpha value is -1.93. The van der Waals surface area contributed by atoms with E-state index in [0.29, 0.717) is 28.0 Å². The molecule has 7 heteroatoms. The molecule has 0 radical (unpaired) electrons. The zero-order valence-corrected chi connectivity index (χ0v) is 16.8. The molecule has 25 heavy (non-hydrogen) atoms. The molecule has 0 heterocycles. The maximum absolute atomic E-state index is 12.1. The molecule has 0 spiro atoms. The maximum Gasteiger partial charge on any atom is 0.248 e. The van der Waals surface area contributed by atoms with Gasteiger partial charge < -0.3 is 19.5 Å². The van der Waals surface area contributed by atoms with Gasteiger partial charge in [-0.3, -0.25) is 4.79 Å². The molecule has 0 saturated carbocycles. The van der Waals surface area contributed by atoms with Crippen molar-refractivity contribution in [3.8, 4) is 17.2 Å². The maximum atomic E-state index is 12.1. The second-order valence-electron chi connectivity index (χ2n) is 4.91. The predicted octanol–water partition coefficient (Wildman–Crippen LogP) is 4.62. The van der Waals surface area contributed by atoms with Crippen molar-refractivity contribution in [3.63, 3.8) is 0 Å². The molecule has 0 aliphatic rings. The normalized spacial score (nSPS) is 10.6. The standard InChI is InChI=1S/C18H17ClINO4/c1-23-15-8-11(9-16(24-2)18(15)25-3)4-7-17(22)21-14-6-5-12(20)10-13(14)19/h4-10H,1-3H3,(H,21,22)/b7-4+. The summed E-state index contributed by atoms with van der Waals surface area (Å²) in [5.74, 6) is 1.24. The van der Waals surface area contributed by atoms with Crippen LogP contribution in [0.25, 0.3) is 6.08 Å². The van der Waals surface area contributed by atoms with Crippen molar-refractivity contribution >= 4 is 51.9 Å². The van der Waals surface area contributed by atoms with E-state index in [1.165, 1.54) is 27.4 Å². The number of amides is 1. The van der Waals surface area contributed by atoms with Crippen molar-refractivity contribution in [1.29, 1.82) is 0 Å². The molecular weight excluding hydrogens is 457 g/mol. The Bertz CT molecular complexity index is 783. The number of carbonyl (C=O) groups excluding carboxylic acids is 1. The summed E-state index contributed by atoms with van der Waals surface area (Å²) >= 11 is 8.27. The third-order valence-electron chi connectivity index (χ3n) is 3.30. The third kappa shape index (κ3) is 5.02. The van der Waals surface area contributed by atoms with Crippen LogP contribution in [0.1, 0.15) is 5.56 Å². The van der Waals surface area contributed by atoms with E-state index in [1.807, 2.05) is 6.07 Å². The molecule has 1 amide bonds. The van der Waals surface area contributed by atoms with Gasteiger partial charge in [0.2, 0.25) is 11.7 Å². The molecular formula is C18H17ClINO4. The molecule has 0 aromatic heterocycles. The monoisotopic (exact) mass is 473 g/mol. The Morgan fingerprint density at radius 2 is 1.72 bits per heavy atom. The van der Waals surface area contributed by atoms with E-state index >= 15 is 0 Å². The van der Waals surface area contributed by atoms with E-state index in [9.17, 15) is 4.79 Å². The number of hydrogen-bond donors (Lipinski definition) is 1. The average molecular weight is 474 g/mol. The van der Waals surface area contributed by atoms with Crippen LogP contribution in [0.4, 0.5) is 5.69 Å². The van der Waals surface area contributed by atoms with Crippen LogP contribution in [-0.4, -0.2) is 27.2 Å². The second kappa shape index (κ2) is 8.96. The Morgan fingerprint density at radius 3 is 2.24 bits per heavy atom. The number of ether oxygens (including phenoxy) is 3. The lowest BCUT2D eigenvalue weighted by Gasteiger charge is -2.12. The first-order valence-electron chi connectivity index (χ1n) is 7.22. The highest BCUT2D eigenvalue weighted by Gasteiger charge is 2.12. The fourth-order valence-corrected chi connectivity index (χ4v) is 3.04. The highest BCUT2D eigenvalue weighted by Crippen LogP contribution is 2.38. The van der Waals surface area contributed by atoms with Gasteiger partial charge in [-0.2, -0.15) is 0 Å². The Labute approximate surface area is 165 Å². The van der Waals surface area contributed by atoms with Crippen LogP contribution < -0.4 is 19.5 Å². The van der Waals surface area contributed by atoms with Gasteiger partial charge in [0.1, 0.15) is 0 Å². The van der Waals surface area contributed by atoms with Crippen LogP contribution >= 0.6 is 34.2 Å². The fraction of sp³-hybridized carbons (Fsp3) is 0.167. The summed E-state index contributed by atoms with van der Waals surface area (Å²) in [5, 5.41) is 3.23. The summed E-state index contributed by atoms with van der Waals surface area (Å²) < 4.78 is 16.8. The minimum atomic E-state index is -0.295. The van der Waals surface area contributed by atoms with Gasteiger partial charge >= 0.3 is 0 Å². The number of rotatable bonds is 6. The summed E-state index contributed by atoms with van der Waals surface area (Å²) in [6.45, 7) is 0. The largest absolute Gasteiger partial charge is 0.493 e. The van der Waals surface area contributed by atoms with Gasteiger partial charge in [-0.25, -0.2) is 0 Å². The zero-order chi connectivity index (χ0) is 18.4. The lowest BCUT2D eigenvalue weighted by molar-refractivity contribution is -0.111. The van der Waals surface area contributed by atoms with Crippen LogP contribution in [0.2, 0.25) is 5.02 Å². The molecule has 0 bridgehead atoms. The predicted molar refractivity (Wildman–Crippen MR) is 108 cm³/mol. The van der Waals surface area contributed by atoms with Gasteiger partial charge in [0.15, 0.2) is 11.5 Å². The Morgan fingerprint density at radius 1 is 1.08 bits per heavy atom. The van der Waals surface area contributed by atoms with Gasteiger partial charge in [0.05, 0.1) is 32.0 Å². The first-order chi connectivity index (χ1) is 12.0. The van der Waals surface area contributed by atoms with E-state index in [0.717, 1.165) is 9.13 Å². The van der Waals surface area contributed by atoms with Crippen molar-refractivity contribution in [2.75, 3.05) is 26.6 Å². The minimum Gasteiger partial charge on any atom is -0.493 e. The molecule has 0 aliphatic heterocycles. The third-order valence-corrected chi connectivity index (χ3v) is 4.29. The number of carbonyl (C=O) groups is 1. The van der Waals surface area contributed by atoms with Crippen molar-refractivity contribution in [2.45, 2.75) is 0 Å². The van der Waals surface area contributed by atoms with E-state index in [2.05, 4.69) is 27.9 Å². The molecule has 2 aromatic carbocycles. The molecule has 1 N–H and O–H groups in total. The summed E-state index contributed by atoms with van der Waals surface area (Å²) in [6, 6.07) is 8.91. The molecule has 132 valence electrons. The first kappa shape index (κ1) is 19.4. The van der Waals surface area contributed by atoms with Gasteiger partial charge in [-0.15, -0.1) is 0 Å². The van der Waals surface area contributed by atoms with Crippen molar-refractivity contribution in [1.82, 2.24) is 0 Å². The van der Waals surface area contributed by atoms with E-state index < -0.39 is 0 Å². The lowest BCUT2D eigenvalue weighted by Crippen LogP contribution is -2.08. The summed E-state index contributed by atoms with van der Waals surface area (Å²) in [7, 11) is 4.61. The molecule has 2 aromatic rings. The molecule has 0 aliphatic carbocycles. The molecule has 2 rings (SSSR count). The number of benzene rings is 2. The number of anilines is 1. The number of halogens is 2. The van der Waals surface area contributed by atoms with Gasteiger partial charge in [-0.05, 0) is 64.6 Å². The lowest BCUT2D eigenvalue weighted by atomic mass is 10.1. The quantitative estimate of drug-likeness (QED) is 0.491. The fourth-order valence-electron chi connectivity index (χ4n) is 2.13. The van der Waals surface area contributed by atoms with Crippen LogP contribution in [0.5, 0.6) is 17.2 Å².